The van der Waals surface area contributed by atoms with Crippen LogP contribution in [0.4, 0.5) is 0 Å². The quantitative estimate of drug-likeness (QED) is 0.726. The molecule has 5 heteroatoms. The van der Waals surface area contributed by atoms with E-state index in [0.29, 0.717) is 5.41 Å². The number of hydrogen-bond acceptors (Lipinski definition) is 3. The van der Waals surface area contributed by atoms with E-state index in [1.165, 1.54) is 38.5 Å². The standard InChI is InChI=1S/C19H26BrN3O/c1-3-19(8-14-4-13(2)5-15(6-14)9-19)11-24-17-7-18-22-21-12-23(18)10-16(17)20/h7,10,12-15H,3-6,8-9,11H2,1-2H3. The molecule has 4 rings (SSSR count). The Hall–Kier alpha value is -1.10. The molecule has 0 aromatic carbocycles. The molecule has 0 aliphatic heterocycles. The van der Waals surface area contributed by atoms with E-state index >= 15 is 0 Å². The molecule has 0 spiro atoms. The summed E-state index contributed by atoms with van der Waals surface area (Å²) in [7, 11) is 0. The van der Waals surface area contributed by atoms with Gasteiger partial charge in [0.15, 0.2) is 5.65 Å². The van der Waals surface area contributed by atoms with Crippen LogP contribution in [-0.4, -0.2) is 21.2 Å². The maximum absolute atomic E-state index is 6.31. The molecule has 2 heterocycles. The predicted octanol–water partition coefficient (Wildman–Crippen LogP) is 5.11. The zero-order valence-electron chi connectivity index (χ0n) is 14.5. The first-order valence-corrected chi connectivity index (χ1v) is 9.98. The van der Waals surface area contributed by atoms with Gasteiger partial charge < -0.3 is 4.74 Å². The zero-order chi connectivity index (χ0) is 16.7. The summed E-state index contributed by atoms with van der Waals surface area (Å²) in [4.78, 5) is 0. The van der Waals surface area contributed by atoms with E-state index < -0.39 is 0 Å². The molecule has 2 unspecified atom stereocenters. The zero-order valence-corrected chi connectivity index (χ0v) is 16.1. The molecule has 2 aromatic heterocycles. The largest absolute Gasteiger partial charge is 0.492 e. The lowest BCUT2D eigenvalue weighted by atomic mass is 9.58. The van der Waals surface area contributed by atoms with Gasteiger partial charge in [0, 0.05) is 17.7 Å². The van der Waals surface area contributed by atoms with Gasteiger partial charge in [-0.05, 0) is 72.2 Å². The first kappa shape index (κ1) is 16.4. The molecule has 2 bridgehead atoms. The number of halogens is 1. The summed E-state index contributed by atoms with van der Waals surface area (Å²) in [6.07, 6.45) is 11.8. The lowest BCUT2D eigenvalue weighted by Crippen LogP contribution is -2.41. The summed E-state index contributed by atoms with van der Waals surface area (Å²) in [6.45, 7) is 5.58. The van der Waals surface area contributed by atoms with Gasteiger partial charge in [-0.1, -0.05) is 13.8 Å². The Morgan fingerprint density at radius 3 is 2.75 bits per heavy atom. The van der Waals surface area contributed by atoms with Gasteiger partial charge in [0.25, 0.3) is 0 Å². The molecule has 0 N–H and O–H groups in total. The Kier molecular flexibility index (Phi) is 4.31. The molecular weight excluding hydrogens is 366 g/mol. The average Bonchev–Trinajstić information content (AvgIpc) is 2.98. The van der Waals surface area contributed by atoms with Crippen molar-refractivity contribution in [3.05, 3.63) is 23.1 Å². The minimum atomic E-state index is 0.340. The van der Waals surface area contributed by atoms with Crippen LogP contribution in [0.25, 0.3) is 5.65 Å². The van der Waals surface area contributed by atoms with Crippen molar-refractivity contribution in [2.45, 2.75) is 52.4 Å². The number of rotatable bonds is 4. The van der Waals surface area contributed by atoms with Crippen molar-refractivity contribution in [3.8, 4) is 5.75 Å². The highest BCUT2D eigenvalue weighted by atomic mass is 79.9. The second-order valence-corrected chi connectivity index (χ2v) is 9.03. The summed E-state index contributed by atoms with van der Waals surface area (Å²) in [6, 6.07) is 1.98. The van der Waals surface area contributed by atoms with Crippen molar-refractivity contribution in [1.29, 1.82) is 0 Å². The van der Waals surface area contributed by atoms with Gasteiger partial charge in [0.1, 0.15) is 12.1 Å². The van der Waals surface area contributed by atoms with E-state index in [4.69, 9.17) is 4.74 Å². The number of pyridine rings is 1. The predicted molar refractivity (Wildman–Crippen MR) is 98.1 cm³/mol. The van der Waals surface area contributed by atoms with Crippen molar-refractivity contribution < 1.29 is 4.74 Å². The van der Waals surface area contributed by atoms with E-state index in [1.807, 2.05) is 16.7 Å². The van der Waals surface area contributed by atoms with Gasteiger partial charge in [-0.25, -0.2) is 0 Å². The van der Waals surface area contributed by atoms with E-state index in [2.05, 4.69) is 40.0 Å². The molecule has 0 radical (unpaired) electrons. The third-order valence-corrected chi connectivity index (χ3v) is 6.81. The molecule has 24 heavy (non-hydrogen) atoms. The molecule has 2 fully saturated rings. The van der Waals surface area contributed by atoms with E-state index in [9.17, 15) is 0 Å². The van der Waals surface area contributed by atoms with Crippen molar-refractivity contribution in [2.24, 2.45) is 23.2 Å². The molecule has 4 nitrogen and oxygen atoms in total. The molecule has 0 saturated heterocycles. The molecule has 0 amide bonds. The first-order chi connectivity index (χ1) is 11.6. The van der Waals surface area contributed by atoms with Gasteiger partial charge in [0.05, 0.1) is 11.1 Å². The van der Waals surface area contributed by atoms with Crippen LogP contribution in [0.2, 0.25) is 0 Å². The minimum Gasteiger partial charge on any atom is -0.492 e. The van der Waals surface area contributed by atoms with Crippen molar-refractivity contribution >= 4 is 21.6 Å². The number of fused-ring (bicyclic) bond motifs is 3. The maximum Gasteiger partial charge on any atom is 0.164 e. The molecule has 2 saturated carbocycles. The fourth-order valence-electron chi connectivity index (χ4n) is 5.22. The van der Waals surface area contributed by atoms with Gasteiger partial charge in [-0.3, -0.25) is 4.40 Å². The summed E-state index contributed by atoms with van der Waals surface area (Å²) >= 11 is 3.62. The lowest BCUT2D eigenvalue weighted by molar-refractivity contribution is -0.000560. The monoisotopic (exact) mass is 391 g/mol. The Bertz CT molecular complexity index is 710. The highest BCUT2D eigenvalue weighted by Gasteiger charge is 2.43. The van der Waals surface area contributed by atoms with Crippen LogP contribution in [0.5, 0.6) is 5.75 Å². The molecule has 2 aromatic rings. The van der Waals surface area contributed by atoms with Gasteiger partial charge in [-0.15, -0.1) is 10.2 Å². The SMILES string of the molecule is CCC1(COc2cc3nncn3cc2Br)CC2CC(C)CC(C2)C1. The topological polar surface area (TPSA) is 39.4 Å². The first-order valence-electron chi connectivity index (χ1n) is 9.18. The summed E-state index contributed by atoms with van der Waals surface area (Å²) in [5, 5.41) is 8.07. The fourth-order valence-corrected chi connectivity index (χ4v) is 5.67. The number of aromatic nitrogens is 3. The van der Waals surface area contributed by atoms with Crippen molar-refractivity contribution in [1.82, 2.24) is 14.6 Å². The van der Waals surface area contributed by atoms with Crippen LogP contribution in [0, 0.1) is 23.2 Å². The van der Waals surface area contributed by atoms with Crippen molar-refractivity contribution in [3.63, 3.8) is 0 Å². The Labute approximate surface area is 152 Å². The van der Waals surface area contributed by atoms with Crippen LogP contribution in [0.1, 0.15) is 52.4 Å². The third kappa shape index (κ3) is 3.07. The normalized spacial score (nSPS) is 32.9. The number of hydrogen-bond donors (Lipinski definition) is 0. The molecular formula is C19H26BrN3O. The van der Waals surface area contributed by atoms with Gasteiger partial charge in [0.2, 0.25) is 0 Å². The van der Waals surface area contributed by atoms with Crippen LogP contribution in [0.3, 0.4) is 0 Å². The summed E-state index contributed by atoms with van der Waals surface area (Å²) < 4.78 is 9.18. The molecule has 130 valence electrons. The Morgan fingerprint density at radius 2 is 2.04 bits per heavy atom. The van der Waals surface area contributed by atoms with Crippen LogP contribution >= 0.6 is 15.9 Å². The second-order valence-electron chi connectivity index (χ2n) is 8.18. The fraction of sp³-hybridized carbons (Fsp3) is 0.684. The molecule has 2 atom stereocenters. The minimum absolute atomic E-state index is 0.340. The lowest BCUT2D eigenvalue weighted by Gasteiger charge is -2.48. The van der Waals surface area contributed by atoms with E-state index in [1.54, 1.807) is 6.33 Å². The summed E-state index contributed by atoms with van der Waals surface area (Å²) in [5.74, 6) is 3.60. The van der Waals surface area contributed by atoms with Crippen molar-refractivity contribution in [2.75, 3.05) is 6.61 Å². The average molecular weight is 392 g/mol. The maximum atomic E-state index is 6.31. The van der Waals surface area contributed by atoms with E-state index in [-0.39, 0.29) is 0 Å². The Morgan fingerprint density at radius 1 is 1.29 bits per heavy atom. The highest BCUT2D eigenvalue weighted by Crippen LogP contribution is 2.52. The van der Waals surface area contributed by atoms with Crippen LogP contribution in [-0.2, 0) is 0 Å². The number of nitrogens with zero attached hydrogens (tertiary/aromatic N) is 3. The molecule has 2 aliphatic carbocycles. The Balaban J connectivity index is 1.51. The second kappa shape index (κ2) is 6.32. The highest BCUT2D eigenvalue weighted by molar-refractivity contribution is 9.10. The number of ether oxygens (including phenoxy) is 1. The van der Waals surface area contributed by atoms with Gasteiger partial charge >= 0.3 is 0 Å². The molecule has 2 aliphatic rings. The van der Waals surface area contributed by atoms with Crippen LogP contribution < -0.4 is 4.74 Å². The van der Waals surface area contributed by atoms with Crippen LogP contribution in [0.15, 0.2) is 23.1 Å². The summed E-state index contributed by atoms with van der Waals surface area (Å²) in [5.41, 5.74) is 1.17. The smallest absolute Gasteiger partial charge is 0.164 e. The third-order valence-electron chi connectivity index (χ3n) is 6.21. The van der Waals surface area contributed by atoms with Gasteiger partial charge in [-0.2, -0.15) is 0 Å². The van der Waals surface area contributed by atoms with E-state index in [0.717, 1.165) is 40.2 Å².